The third-order valence-electron chi connectivity index (χ3n) is 17.7. The fourth-order valence-electron chi connectivity index (χ4n) is 13.7. The molecule has 1 spiro atoms. The monoisotopic (exact) mass is 1050 g/mol. The predicted octanol–water partition coefficient (Wildman–Crippen LogP) is 2.56. The zero-order valence-electron chi connectivity index (χ0n) is 44.0. The van der Waals surface area contributed by atoms with Crippen LogP contribution in [-0.2, 0) is 71.4 Å². The average Bonchev–Trinajstić information content (AvgIpc) is 4.17. The number of carbonyl (C=O) groups excluding carboxylic acids is 6. The number of methoxy groups -OCH3 is 1. The number of Topliss-reactive ketones (excluding diaryl/α,β-unsaturated/α-hetero) is 1. The summed E-state index contributed by atoms with van der Waals surface area (Å²) < 4.78 is 60.6. The van der Waals surface area contributed by atoms with E-state index in [0.717, 1.165) is 60.3 Å². The molecule has 4 N–H and O–H groups in total. The molecule has 20 heteroatoms. The van der Waals surface area contributed by atoms with Crippen LogP contribution in [0.25, 0.3) is 0 Å². The molecule has 20 nitrogen and oxygen atoms in total. The first kappa shape index (κ1) is 54.4. The van der Waals surface area contributed by atoms with Crippen molar-refractivity contribution in [3.8, 4) is 0 Å². The Labute approximate surface area is 439 Å². The van der Waals surface area contributed by atoms with Crippen molar-refractivity contribution >= 4 is 35.3 Å². The smallest absolute Gasteiger partial charge is 0.253 e. The SMILES string of the molecule is C=C1C[C@@H]2CC[C@@]34C[C@H]5O[C@@H]6C(O[C@H]7CC[C@H](CC(=O)C[C@@H]8[C@@H](OC)[C@@H](C[C@H](O)CNC(=O)[C@@H](C)NC(=O)[C@@H](NC(=O)CCN9C(=O)C=CC9=O)C(C)C)O[C@H]8C[C@H]8O[C@@H](CC[C@@H]1O2)C[C@@H](C)C8=C)O[C@@H]7[C@@H]6O3)[C@H]5O4. The minimum absolute atomic E-state index is 0.00131. The molecule has 11 heterocycles. The minimum atomic E-state index is -1.10. The molecule has 5 amide bonds. The van der Waals surface area contributed by atoms with E-state index < -0.39 is 89.9 Å². The van der Waals surface area contributed by atoms with Crippen LogP contribution in [0, 0.1) is 17.8 Å². The molecule has 0 aromatic heterocycles. The summed E-state index contributed by atoms with van der Waals surface area (Å²) in [6.45, 7) is 15.8. The lowest BCUT2D eigenvalue weighted by atomic mass is 9.81. The third kappa shape index (κ3) is 11.5. The van der Waals surface area contributed by atoms with Gasteiger partial charge in [0.2, 0.25) is 17.7 Å². The van der Waals surface area contributed by atoms with E-state index in [9.17, 15) is 33.9 Å². The fourth-order valence-corrected chi connectivity index (χ4v) is 13.7. The number of hydrogen-bond donors (Lipinski definition) is 4. The average molecular weight is 1050 g/mol. The number of nitrogens with one attached hydrogen (secondary N) is 3. The molecule has 0 saturated carbocycles. The molecular weight excluding hydrogens is 973 g/mol. The molecule has 11 aliphatic rings. The van der Waals surface area contributed by atoms with Gasteiger partial charge < -0.3 is 63.7 Å². The standard InChI is InChI=1S/C55H78N4O16/c1-26(2)46(58-43(62)15-17-59-44(63)12-13-45(59)64)54(66)57-30(6)53(65)56-25-32(61)22-41-47(67-7)36-21-31(60)20-34-9-11-38-48(70-34)52-51-50(72-38)49-42(73-51)24-55(74-49,75-52)16-14-35-19-28(4)37(68-35)10-8-33-18-27(3)29(5)39(69-33)23-40(36)71-41/h12-13,26-27,30,32-42,46-52,61H,4-5,8-11,14-25H2,1-3,6-7H3,(H,56,65)(H,57,66)(H,58,62)/t27-,30-,32+,33+,34-,35+,36+,37+,38+,39-,40+,41-,42-,46+,47-,48+,49+,50?,51-,52+,55+/m1/s1. The van der Waals surface area contributed by atoms with Gasteiger partial charge in [0.15, 0.2) is 5.79 Å². The van der Waals surface area contributed by atoms with E-state index in [1.165, 1.54) is 6.92 Å². The third-order valence-corrected chi connectivity index (χ3v) is 17.7. The van der Waals surface area contributed by atoms with Gasteiger partial charge in [-0.3, -0.25) is 33.7 Å². The van der Waals surface area contributed by atoms with Crippen molar-refractivity contribution in [2.24, 2.45) is 17.8 Å². The van der Waals surface area contributed by atoms with Crippen LogP contribution in [0.3, 0.4) is 0 Å². The summed E-state index contributed by atoms with van der Waals surface area (Å²) in [5.74, 6) is -4.18. The van der Waals surface area contributed by atoms with Gasteiger partial charge in [-0.15, -0.1) is 0 Å². The maximum absolute atomic E-state index is 14.4. The number of hydrogen-bond acceptors (Lipinski definition) is 16. The molecule has 0 aromatic carbocycles. The second kappa shape index (κ2) is 22.4. The summed E-state index contributed by atoms with van der Waals surface area (Å²) >= 11 is 0. The van der Waals surface area contributed by atoms with Crippen molar-refractivity contribution in [3.63, 3.8) is 0 Å². The Kier molecular flexibility index (Phi) is 16.3. The van der Waals surface area contributed by atoms with Crippen LogP contribution < -0.4 is 16.0 Å². The van der Waals surface area contributed by atoms with Crippen molar-refractivity contribution < 1.29 is 76.5 Å². The van der Waals surface area contributed by atoms with Crippen LogP contribution in [0.1, 0.15) is 118 Å². The van der Waals surface area contributed by atoms with E-state index in [-0.39, 0.29) is 117 Å². The number of nitrogens with zero attached hydrogens (tertiary/aromatic N) is 1. The highest BCUT2D eigenvalue weighted by Crippen LogP contribution is 2.54. The lowest BCUT2D eigenvalue weighted by molar-refractivity contribution is -0.292. The fraction of sp³-hybridized carbons (Fsp3) is 0.782. The van der Waals surface area contributed by atoms with Crippen molar-refractivity contribution in [1.82, 2.24) is 20.9 Å². The van der Waals surface area contributed by atoms with Gasteiger partial charge >= 0.3 is 0 Å². The molecule has 11 rings (SSSR count). The largest absolute Gasteiger partial charge is 0.391 e. The van der Waals surface area contributed by atoms with Gasteiger partial charge in [-0.25, -0.2) is 0 Å². The Morgan fingerprint density at radius 3 is 2.24 bits per heavy atom. The van der Waals surface area contributed by atoms with E-state index in [1.54, 1.807) is 21.0 Å². The number of imide groups is 1. The van der Waals surface area contributed by atoms with Crippen LogP contribution in [0.4, 0.5) is 0 Å². The van der Waals surface area contributed by atoms with Crippen molar-refractivity contribution in [1.29, 1.82) is 0 Å². The van der Waals surface area contributed by atoms with Gasteiger partial charge in [0.1, 0.15) is 48.4 Å². The molecule has 21 atom stereocenters. The molecular formula is C55H78N4O16. The van der Waals surface area contributed by atoms with E-state index in [2.05, 4.69) is 36.0 Å². The summed E-state index contributed by atoms with van der Waals surface area (Å²) in [6.07, 6.45) is 3.59. The molecule has 414 valence electrons. The van der Waals surface area contributed by atoms with E-state index in [0.29, 0.717) is 32.1 Å². The Balaban J connectivity index is 0.796. The van der Waals surface area contributed by atoms with Gasteiger partial charge in [0.25, 0.3) is 11.8 Å². The predicted molar refractivity (Wildman–Crippen MR) is 265 cm³/mol. The quantitative estimate of drug-likeness (QED) is 0.153. The second-order valence-electron chi connectivity index (χ2n) is 23.4. The first-order valence-corrected chi connectivity index (χ1v) is 27.6. The van der Waals surface area contributed by atoms with Crippen LogP contribution in [-0.4, -0.2) is 181 Å². The molecule has 10 saturated heterocycles. The summed E-state index contributed by atoms with van der Waals surface area (Å²) in [5, 5.41) is 19.5. The Morgan fingerprint density at radius 1 is 0.773 bits per heavy atom. The number of amides is 5. The topological polar surface area (TPSA) is 245 Å². The maximum Gasteiger partial charge on any atom is 0.253 e. The molecule has 1 unspecified atom stereocenters. The van der Waals surface area contributed by atoms with Gasteiger partial charge in [0.05, 0.1) is 67.1 Å². The maximum atomic E-state index is 14.4. The summed E-state index contributed by atoms with van der Waals surface area (Å²) in [6, 6.07) is -2.05. The number of fused-ring (bicyclic) bond motifs is 6. The van der Waals surface area contributed by atoms with Crippen molar-refractivity contribution in [3.05, 3.63) is 36.5 Å². The highest BCUT2D eigenvalue weighted by Gasteiger charge is 2.69. The highest BCUT2D eigenvalue weighted by atomic mass is 16.8. The highest BCUT2D eigenvalue weighted by molar-refractivity contribution is 6.13. The Bertz CT molecular complexity index is 2240. The van der Waals surface area contributed by atoms with E-state index >= 15 is 0 Å². The first-order valence-electron chi connectivity index (χ1n) is 27.6. The number of ether oxygens (including phenoxy) is 9. The van der Waals surface area contributed by atoms with E-state index in [1.807, 2.05) is 0 Å². The summed E-state index contributed by atoms with van der Waals surface area (Å²) in [7, 11) is 1.58. The number of aliphatic hydroxyl groups excluding tert-OH is 1. The molecule has 0 aromatic rings. The van der Waals surface area contributed by atoms with Crippen LogP contribution in [0.5, 0.6) is 0 Å². The normalized spacial score (nSPS) is 41.6. The van der Waals surface area contributed by atoms with Gasteiger partial charge in [-0.1, -0.05) is 33.9 Å². The van der Waals surface area contributed by atoms with Crippen molar-refractivity contribution in [2.45, 2.75) is 233 Å². The molecule has 11 aliphatic heterocycles. The van der Waals surface area contributed by atoms with Crippen LogP contribution in [0.15, 0.2) is 36.5 Å². The van der Waals surface area contributed by atoms with Gasteiger partial charge in [-0.05, 0) is 74.9 Å². The number of carbonyl (C=O) groups is 6. The van der Waals surface area contributed by atoms with E-state index in [4.69, 9.17) is 42.6 Å². The molecule has 0 radical (unpaired) electrons. The first-order chi connectivity index (χ1) is 35.8. The lowest BCUT2D eigenvalue weighted by Gasteiger charge is -2.47. The second-order valence-corrected chi connectivity index (χ2v) is 23.4. The number of ketones is 1. The Morgan fingerprint density at radius 2 is 1.48 bits per heavy atom. The zero-order chi connectivity index (χ0) is 53.0. The van der Waals surface area contributed by atoms with Crippen LogP contribution >= 0.6 is 0 Å². The molecule has 12 bridgehead atoms. The minimum Gasteiger partial charge on any atom is -0.391 e. The number of rotatable bonds is 13. The van der Waals surface area contributed by atoms with Gasteiger partial charge in [-0.2, -0.15) is 0 Å². The van der Waals surface area contributed by atoms with Crippen LogP contribution in [0.2, 0.25) is 0 Å². The zero-order valence-corrected chi connectivity index (χ0v) is 44.0. The van der Waals surface area contributed by atoms with Crippen molar-refractivity contribution in [2.75, 3.05) is 20.2 Å². The lowest BCUT2D eigenvalue weighted by Crippen LogP contribution is -2.61. The van der Waals surface area contributed by atoms with Gasteiger partial charge in [0, 0.05) is 83.2 Å². The number of aliphatic hydroxyl groups is 1. The summed E-state index contributed by atoms with van der Waals surface area (Å²) in [5.41, 5.74) is 2.05. The Hall–Kier alpha value is -3.96. The molecule has 75 heavy (non-hydrogen) atoms. The molecule has 10 fully saturated rings. The molecule has 0 aliphatic carbocycles. The summed E-state index contributed by atoms with van der Waals surface area (Å²) in [4.78, 5) is 78.7.